The molecule has 1 aromatic heterocycles. The number of hydrogen-bond donors (Lipinski definition) is 2. The van der Waals surface area contributed by atoms with Gasteiger partial charge in [0, 0.05) is 38.5 Å². The van der Waals surface area contributed by atoms with Crippen molar-refractivity contribution in [2.45, 2.75) is 18.9 Å². The lowest BCUT2D eigenvalue weighted by Gasteiger charge is -2.34. The molecule has 7 heteroatoms. The Morgan fingerprint density at radius 3 is 2.63 bits per heavy atom. The lowest BCUT2D eigenvalue weighted by molar-refractivity contribution is 0.0902. The van der Waals surface area contributed by atoms with Gasteiger partial charge in [0.2, 0.25) is 0 Å². The summed E-state index contributed by atoms with van der Waals surface area (Å²) in [6.07, 6.45) is 3.12. The maximum atomic E-state index is 12.5. The van der Waals surface area contributed by atoms with Gasteiger partial charge in [-0.05, 0) is 37.1 Å². The van der Waals surface area contributed by atoms with E-state index < -0.39 is 0 Å². The summed E-state index contributed by atoms with van der Waals surface area (Å²) in [7, 11) is 1.61. The average molecular weight is 371 g/mol. The number of rotatable bonds is 7. The molecule has 2 aromatic rings. The van der Waals surface area contributed by atoms with Gasteiger partial charge in [-0.15, -0.1) is 0 Å². The standard InChI is InChI=1S/C20H25N3O4/c1-26-14-10-21-19(24)16-5-2-3-6-17(16)23-11-8-15(9-12-23)22-20(25)18-7-4-13-27-18/h2-7,13,15H,8-12,14H2,1H3,(H,21,24)(H,22,25). The summed E-state index contributed by atoms with van der Waals surface area (Å²) in [4.78, 5) is 26.8. The number of anilines is 1. The maximum absolute atomic E-state index is 12.5. The molecule has 1 aliphatic heterocycles. The van der Waals surface area contributed by atoms with Gasteiger partial charge in [0.25, 0.3) is 11.8 Å². The normalized spacial score (nSPS) is 14.8. The fourth-order valence-electron chi connectivity index (χ4n) is 3.23. The van der Waals surface area contributed by atoms with Crippen LogP contribution in [0.2, 0.25) is 0 Å². The zero-order valence-corrected chi connectivity index (χ0v) is 15.4. The molecule has 0 radical (unpaired) electrons. The summed E-state index contributed by atoms with van der Waals surface area (Å²) >= 11 is 0. The minimum absolute atomic E-state index is 0.0986. The van der Waals surface area contributed by atoms with Crippen LogP contribution in [0.4, 0.5) is 5.69 Å². The first-order valence-electron chi connectivity index (χ1n) is 9.14. The number of amides is 2. The van der Waals surface area contributed by atoms with E-state index in [0.29, 0.717) is 24.5 Å². The van der Waals surface area contributed by atoms with Gasteiger partial charge in [-0.25, -0.2) is 0 Å². The molecule has 3 rings (SSSR count). The van der Waals surface area contributed by atoms with Crippen molar-refractivity contribution >= 4 is 17.5 Å². The number of para-hydroxylation sites is 1. The second kappa shape index (κ2) is 9.23. The molecule has 0 unspecified atom stereocenters. The van der Waals surface area contributed by atoms with Crippen molar-refractivity contribution in [2.24, 2.45) is 0 Å². The first kappa shape index (κ1) is 19.0. The van der Waals surface area contributed by atoms with Crippen LogP contribution in [0.25, 0.3) is 0 Å². The smallest absolute Gasteiger partial charge is 0.287 e. The fraction of sp³-hybridized carbons (Fsp3) is 0.400. The number of benzene rings is 1. The van der Waals surface area contributed by atoms with Crippen LogP contribution in [-0.4, -0.2) is 51.2 Å². The van der Waals surface area contributed by atoms with Crippen LogP contribution in [0.15, 0.2) is 47.1 Å². The number of nitrogens with zero attached hydrogens (tertiary/aromatic N) is 1. The number of nitrogens with one attached hydrogen (secondary N) is 2. The van der Waals surface area contributed by atoms with Gasteiger partial charge in [0.1, 0.15) is 0 Å². The third kappa shape index (κ3) is 4.89. The molecule has 1 fully saturated rings. The van der Waals surface area contributed by atoms with Crippen molar-refractivity contribution in [3.63, 3.8) is 0 Å². The fourth-order valence-corrected chi connectivity index (χ4v) is 3.23. The molecule has 2 amide bonds. The molecule has 1 aliphatic rings. The van der Waals surface area contributed by atoms with E-state index in [9.17, 15) is 9.59 Å². The number of hydrogen-bond acceptors (Lipinski definition) is 5. The van der Waals surface area contributed by atoms with Gasteiger partial charge in [0.05, 0.1) is 18.4 Å². The largest absolute Gasteiger partial charge is 0.459 e. The SMILES string of the molecule is COCCNC(=O)c1ccccc1N1CCC(NC(=O)c2ccco2)CC1. The molecule has 27 heavy (non-hydrogen) atoms. The van der Waals surface area contributed by atoms with E-state index in [-0.39, 0.29) is 17.9 Å². The van der Waals surface area contributed by atoms with E-state index in [1.165, 1.54) is 6.26 Å². The highest BCUT2D eigenvalue weighted by Crippen LogP contribution is 2.24. The second-order valence-corrected chi connectivity index (χ2v) is 6.48. The van der Waals surface area contributed by atoms with Crippen LogP contribution in [-0.2, 0) is 4.74 Å². The summed E-state index contributed by atoms with van der Waals surface area (Å²) in [5, 5.41) is 5.88. The lowest BCUT2D eigenvalue weighted by Crippen LogP contribution is -2.45. The molecule has 0 atom stereocenters. The Labute approximate surface area is 158 Å². The van der Waals surface area contributed by atoms with Gasteiger partial charge in [-0.1, -0.05) is 12.1 Å². The quantitative estimate of drug-likeness (QED) is 0.728. The summed E-state index contributed by atoms with van der Waals surface area (Å²) in [6.45, 7) is 2.50. The van der Waals surface area contributed by atoms with Crippen LogP contribution >= 0.6 is 0 Å². The Kier molecular flexibility index (Phi) is 6.49. The van der Waals surface area contributed by atoms with E-state index in [1.54, 1.807) is 19.2 Å². The topological polar surface area (TPSA) is 83.8 Å². The Hall–Kier alpha value is -2.80. The number of piperidine rings is 1. The van der Waals surface area contributed by atoms with Gasteiger partial charge in [-0.3, -0.25) is 9.59 Å². The van der Waals surface area contributed by atoms with Gasteiger partial charge < -0.3 is 24.7 Å². The van der Waals surface area contributed by atoms with Crippen molar-refractivity contribution < 1.29 is 18.7 Å². The highest BCUT2D eigenvalue weighted by atomic mass is 16.5. The summed E-state index contributed by atoms with van der Waals surface area (Å²) in [6, 6.07) is 11.1. The zero-order chi connectivity index (χ0) is 19.1. The molecule has 144 valence electrons. The van der Waals surface area contributed by atoms with Crippen LogP contribution in [0.1, 0.15) is 33.8 Å². The van der Waals surface area contributed by atoms with Crippen molar-refractivity contribution in [3.8, 4) is 0 Å². The van der Waals surface area contributed by atoms with Gasteiger partial charge in [-0.2, -0.15) is 0 Å². The van der Waals surface area contributed by atoms with Crippen LogP contribution in [0, 0.1) is 0 Å². The van der Waals surface area contributed by atoms with Crippen molar-refractivity contribution in [1.29, 1.82) is 0 Å². The number of carbonyl (C=O) groups excluding carboxylic acids is 2. The van der Waals surface area contributed by atoms with Crippen molar-refractivity contribution in [1.82, 2.24) is 10.6 Å². The maximum Gasteiger partial charge on any atom is 0.287 e. The monoisotopic (exact) mass is 371 g/mol. The Morgan fingerprint density at radius 2 is 1.93 bits per heavy atom. The molecule has 0 spiro atoms. The molecule has 1 aromatic carbocycles. The summed E-state index contributed by atoms with van der Waals surface area (Å²) in [5.74, 6) is 0.0442. The van der Waals surface area contributed by atoms with E-state index in [2.05, 4.69) is 15.5 Å². The zero-order valence-electron chi connectivity index (χ0n) is 15.4. The molecule has 0 aliphatic carbocycles. The van der Waals surface area contributed by atoms with E-state index in [0.717, 1.165) is 31.6 Å². The third-order valence-corrected chi connectivity index (χ3v) is 4.66. The van der Waals surface area contributed by atoms with Crippen LogP contribution in [0.3, 0.4) is 0 Å². The number of methoxy groups -OCH3 is 1. The molecule has 1 saturated heterocycles. The highest BCUT2D eigenvalue weighted by Gasteiger charge is 2.24. The number of ether oxygens (including phenoxy) is 1. The Balaban J connectivity index is 1.58. The molecule has 2 N–H and O–H groups in total. The van der Waals surface area contributed by atoms with Gasteiger partial charge >= 0.3 is 0 Å². The van der Waals surface area contributed by atoms with Crippen molar-refractivity contribution in [3.05, 3.63) is 54.0 Å². The molecular weight excluding hydrogens is 346 g/mol. The van der Waals surface area contributed by atoms with E-state index in [1.807, 2.05) is 24.3 Å². The molecule has 7 nitrogen and oxygen atoms in total. The lowest BCUT2D eigenvalue weighted by atomic mass is 10.0. The Bertz CT molecular complexity index is 752. The minimum Gasteiger partial charge on any atom is -0.459 e. The van der Waals surface area contributed by atoms with E-state index >= 15 is 0 Å². The molecule has 2 heterocycles. The molecular formula is C20H25N3O4. The van der Waals surface area contributed by atoms with Gasteiger partial charge in [0.15, 0.2) is 5.76 Å². The predicted octanol–water partition coefficient (Wildman–Crippen LogP) is 2.05. The Morgan fingerprint density at radius 1 is 1.15 bits per heavy atom. The second-order valence-electron chi connectivity index (χ2n) is 6.48. The molecule has 0 bridgehead atoms. The third-order valence-electron chi connectivity index (χ3n) is 4.66. The average Bonchev–Trinajstić information content (AvgIpc) is 3.24. The number of carbonyl (C=O) groups is 2. The van der Waals surface area contributed by atoms with E-state index in [4.69, 9.17) is 9.15 Å². The predicted molar refractivity (Wildman–Crippen MR) is 102 cm³/mol. The summed E-state index contributed by atoms with van der Waals surface area (Å²) in [5.41, 5.74) is 1.58. The van der Waals surface area contributed by atoms with Crippen molar-refractivity contribution in [2.75, 3.05) is 38.3 Å². The minimum atomic E-state index is -0.184. The van der Waals surface area contributed by atoms with Crippen LogP contribution in [0.5, 0.6) is 0 Å². The summed E-state index contributed by atoms with van der Waals surface area (Å²) < 4.78 is 10.1. The first-order valence-corrected chi connectivity index (χ1v) is 9.14. The first-order chi connectivity index (χ1) is 13.2. The number of furan rings is 1. The van der Waals surface area contributed by atoms with Crippen LogP contribution < -0.4 is 15.5 Å². The molecule has 0 saturated carbocycles. The highest BCUT2D eigenvalue weighted by molar-refractivity contribution is 5.99.